The highest BCUT2D eigenvalue weighted by molar-refractivity contribution is 6.44. The molecule has 0 heterocycles. The standard InChI is InChI=1S/C2H4Cl2N2O/c3-1(4)6-2(5)7/h1H,(H3,5,6,7). The van der Waals surface area contributed by atoms with Gasteiger partial charge in [-0.2, -0.15) is 0 Å². The van der Waals surface area contributed by atoms with Crippen LogP contribution in [0.4, 0.5) is 4.79 Å². The van der Waals surface area contributed by atoms with E-state index in [0.717, 1.165) is 0 Å². The quantitative estimate of drug-likeness (QED) is 0.405. The van der Waals surface area contributed by atoms with Gasteiger partial charge in [-0.25, -0.2) is 4.79 Å². The van der Waals surface area contributed by atoms with E-state index in [1.807, 2.05) is 5.32 Å². The molecule has 3 N–H and O–H groups in total. The fourth-order valence-electron chi connectivity index (χ4n) is 0.108. The maximum absolute atomic E-state index is 9.75. The number of amides is 2. The van der Waals surface area contributed by atoms with E-state index in [1.54, 1.807) is 0 Å². The van der Waals surface area contributed by atoms with Gasteiger partial charge in [-0.05, 0) is 0 Å². The lowest BCUT2D eigenvalue weighted by molar-refractivity contribution is 0.249. The summed E-state index contributed by atoms with van der Waals surface area (Å²) in [5, 5.41) is 1.98. The molecule has 0 fully saturated rings. The minimum absolute atomic E-state index is 0.727. The number of primary amides is 1. The average molecular weight is 143 g/mol. The number of urea groups is 1. The molecule has 42 valence electrons. The zero-order valence-electron chi connectivity index (χ0n) is 3.32. The summed E-state index contributed by atoms with van der Waals surface area (Å²) < 4.78 is 0. The predicted octanol–water partition coefficient (Wildman–Crippen LogP) is 0.416. The van der Waals surface area contributed by atoms with E-state index >= 15 is 0 Å². The van der Waals surface area contributed by atoms with E-state index in [9.17, 15) is 4.79 Å². The first-order valence-corrected chi connectivity index (χ1v) is 2.34. The monoisotopic (exact) mass is 142 g/mol. The van der Waals surface area contributed by atoms with Gasteiger partial charge in [-0.3, -0.25) is 0 Å². The van der Waals surface area contributed by atoms with E-state index in [4.69, 9.17) is 23.2 Å². The van der Waals surface area contributed by atoms with Crippen LogP contribution >= 0.6 is 23.2 Å². The smallest absolute Gasteiger partial charge is 0.314 e. The normalized spacial score (nSPS) is 9.00. The molecule has 0 aromatic heterocycles. The molecule has 0 spiro atoms. The molecule has 0 bridgehead atoms. The van der Waals surface area contributed by atoms with Gasteiger partial charge in [0.2, 0.25) is 0 Å². The van der Waals surface area contributed by atoms with Gasteiger partial charge in [0.15, 0.2) is 4.96 Å². The van der Waals surface area contributed by atoms with Gasteiger partial charge in [0.05, 0.1) is 0 Å². The third-order valence-corrected chi connectivity index (χ3v) is 0.470. The van der Waals surface area contributed by atoms with Gasteiger partial charge in [0, 0.05) is 0 Å². The van der Waals surface area contributed by atoms with Crippen LogP contribution < -0.4 is 11.1 Å². The molecule has 0 aliphatic heterocycles. The van der Waals surface area contributed by atoms with Gasteiger partial charge in [0.1, 0.15) is 0 Å². The zero-order chi connectivity index (χ0) is 5.86. The average Bonchev–Trinajstić information content (AvgIpc) is 1.27. The molecule has 0 unspecified atom stereocenters. The van der Waals surface area contributed by atoms with Crippen molar-refractivity contribution in [2.24, 2.45) is 5.73 Å². The van der Waals surface area contributed by atoms with E-state index in [2.05, 4.69) is 5.73 Å². The SMILES string of the molecule is NC(=O)NC(Cl)Cl. The lowest BCUT2D eigenvalue weighted by Crippen LogP contribution is -2.32. The van der Waals surface area contributed by atoms with Gasteiger partial charge in [-0.15, -0.1) is 0 Å². The maximum atomic E-state index is 9.75. The summed E-state index contributed by atoms with van der Waals surface area (Å²) in [5.74, 6) is 0. The number of alkyl halides is 2. The summed E-state index contributed by atoms with van der Waals surface area (Å²) in [6.45, 7) is 0. The molecule has 7 heavy (non-hydrogen) atoms. The predicted molar refractivity (Wildman–Crippen MR) is 28.2 cm³/mol. The summed E-state index contributed by atoms with van der Waals surface area (Å²) in [7, 11) is 0. The Balaban J connectivity index is 3.13. The van der Waals surface area contributed by atoms with Crippen LogP contribution in [0.1, 0.15) is 0 Å². The minimum Gasteiger partial charge on any atom is -0.352 e. The summed E-state index contributed by atoms with van der Waals surface area (Å²) in [6, 6.07) is -0.727. The molecule has 0 aromatic carbocycles. The molecular formula is C2H4Cl2N2O. The molecule has 0 aliphatic carbocycles. The van der Waals surface area contributed by atoms with Crippen LogP contribution in [0.15, 0.2) is 0 Å². The number of halogens is 2. The second-order valence-electron chi connectivity index (χ2n) is 0.809. The number of hydrogen-bond acceptors (Lipinski definition) is 1. The van der Waals surface area contributed by atoms with Crippen LogP contribution in [-0.4, -0.2) is 11.0 Å². The fourth-order valence-corrected chi connectivity index (χ4v) is 0.323. The van der Waals surface area contributed by atoms with Crippen molar-refractivity contribution in [3.8, 4) is 0 Å². The highest BCUT2D eigenvalue weighted by atomic mass is 35.5. The van der Waals surface area contributed by atoms with E-state index < -0.39 is 11.0 Å². The Hall–Kier alpha value is -0.150. The van der Waals surface area contributed by atoms with Crippen LogP contribution in [0.2, 0.25) is 0 Å². The number of rotatable bonds is 1. The van der Waals surface area contributed by atoms with Crippen LogP contribution in [-0.2, 0) is 0 Å². The Morgan fingerprint density at radius 1 is 1.71 bits per heavy atom. The number of carbonyl (C=O) groups is 1. The van der Waals surface area contributed by atoms with Crippen molar-refractivity contribution in [1.82, 2.24) is 5.32 Å². The molecule has 0 atom stereocenters. The Morgan fingerprint density at radius 2 is 2.14 bits per heavy atom. The molecule has 0 saturated heterocycles. The topological polar surface area (TPSA) is 55.1 Å². The molecule has 5 heteroatoms. The Labute approximate surface area is 50.8 Å². The first-order valence-electron chi connectivity index (χ1n) is 1.47. The second kappa shape index (κ2) is 2.93. The number of nitrogens with two attached hydrogens (primary N) is 1. The molecular weight excluding hydrogens is 139 g/mol. The van der Waals surface area contributed by atoms with Gasteiger partial charge >= 0.3 is 6.03 Å². The summed E-state index contributed by atoms with van der Waals surface area (Å²) >= 11 is 10.1. The Kier molecular flexibility index (Phi) is 2.87. The maximum Gasteiger partial charge on any atom is 0.314 e. The lowest BCUT2D eigenvalue weighted by atomic mass is 11.0. The largest absolute Gasteiger partial charge is 0.352 e. The van der Waals surface area contributed by atoms with Crippen LogP contribution in [0.25, 0.3) is 0 Å². The van der Waals surface area contributed by atoms with E-state index in [0.29, 0.717) is 0 Å². The summed E-state index contributed by atoms with van der Waals surface area (Å²) in [4.78, 5) is 8.85. The molecule has 3 nitrogen and oxygen atoms in total. The highest BCUT2D eigenvalue weighted by Crippen LogP contribution is 1.93. The second-order valence-corrected chi connectivity index (χ2v) is 1.91. The Morgan fingerprint density at radius 3 is 2.14 bits per heavy atom. The van der Waals surface area contributed by atoms with Crippen LogP contribution in [0, 0.1) is 0 Å². The van der Waals surface area contributed by atoms with Crippen molar-refractivity contribution in [3.63, 3.8) is 0 Å². The van der Waals surface area contributed by atoms with Crippen molar-refractivity contribution < 1.29 is 4.79 Å². The zero-order valence-corrected chi connectivity index (χ0v) is 4.83. The number of hydrogen-bond donors (Lipinski definition) is 2. The first kappa shape index (κ1) is 6.85. The summed E-state index contributed by atoms with van der Waals surface area (Å²) in [6.07, 6.45) is 0. The Bertz CT molecular complexity index is 74.1. The van der Waals surface area contributed by atoms with Crippen molar-refractivity contribution in [2.75, 3.05) is 0 Å². The molecule has 0 saturated carbocycles. The van der Waals surface area contributed by atoms with Gasteiger partial charge in [0.25, 0.3) is 0 Å². The fraction of sp³-hybridized carbons (Fsp3) is 0.500. The van der Waals surface area contributed by atoms with Crippen molar-refractivity contribution in [1.29, 1.82) is 0 Å². The first-order chi connectivity index (χ1) is 3.13. The highest BCUT2D eigenvalue weighted by Gasteiger charge is 1.96. The van der Waals surface area contributed by atoms with Gasteiger partial charge < -0.3 is 11.1 Å². The van der Waals surface area contributed by atoms with Crippen LogP contribution in [0.5, 0.6) is 0 Å². The van der Waals surface area contributed by atoms with Crippen LogP contribution in [0.3, 0.4) is 0 Å². The molecule has 0 rings (SSSR count). The molecule has 0 aromatic rings. The van der Waals surface area contributed by atoms with Crippen molar-refractivity contribution >= 4 is 29.2 Å². The molecule has 2 amide bonds. The van der Waals surface area contributed by atoms with E-state index in [-0.39, 0.29) is 0 Å². The molecule has 0 radical (unpaired) electrons. The van der Waals surface area contributed by atoms with E-state index in [1.165, 1.54) is 0 Å². The molecule has 0 aliphatic rings. The lowest BCUT2D eigenvalue weighted by Gasteiger charge is -1.96. The third-order valence-electron chi connectivity index (χ3n) is 0.251. The van der Waals surface area contributed by atoms with Crippen molar-refractivity contribution in [3.05, 3.63) is 0 Å². The van der Waals surface area contributed by atoms with Crippen molar-refractivity contribution in [2.45, 2.75) is 4.96 Å². The van der Waals surface area contributed by atoms with Gasteiger partial charge in [-0.1, -0.05) is 23.2 Å². The number of carbonyl (C=O) groups excluding carboxylic acids is 1. The number of nitrogens with one attached hydrogen (secondary N) is 1. The summed E-state index contributed by atoms with van der Waals surface area (Å²) in [5.41, 5.74) is 4.57. The minimum atomic E-state index is -0.905. The third kappa shape index (κ3) is 5.85.